The van der Waals surface area contributed by atoms with Crippen LogP contribution in [-0.4, -0.2) is 30.7 Å². The summed E-state index contributed by atoms with van der Waals surface area (Å²) in [7, 11) is 1.66. The van der Waals surface area contributed by atoms with E-state index in [0.717, 1.165) is 17.0 Å². The fraction of sp³-hybridized carbons (Fsp3) is 0.333. The molecular formula is C18H24N4O2. The van der Waals surface area contributed by atoms with Crippen LogP contribution in [0.5, 0.6) is 5.75 Å². The Labute approximate surface area is 142 Å². The Morgan fingerprint density at radius 1 is 1.25 bits per heavy atom. The third-order valence-electron chi connectivity index (χ3n) is 3.28. The normalized spacial score (nSPS) is 12.7. The molecule has 2 aromatic rings. The lowest BCUT2D eigenvalue weighted by Crippen LogP contribution is -2.40. The summed E-state index contributed by atoms with van der Waals surface area (Å²) in [5.74, 6) is 1.21. The van der Waals surface area contributed by atoms with Crippen molar-refractivity contribution < 1.29 is 9.47 Å². The predicted molar refractivity (Wildman–Crippen MR) is 94.8 cm³/mol. The summed E-state index contributed by atoms with van der Waals surface area (Å²) in [6.07, 6.45) is 1.76. The number of aliphatic imine (C=N–C) groups is 1. The predicted octanol–water partition coefficient (Wildman–Crippen LogP) is 2.10. The quantitative estimate of drug-likeness (QED) is 0.573. The van der Waals surface area contributed by atoms with Gasteiger partial charge in [-0.25, -0.2) is 4.99 Å². The van der Waals surface area contributed by atoms with Gasteiger partial charge in [-0.15, -0.1) is 0 Å². The maximum absolute atomic E-state index is 5.85. The Morgan fingerprint density at radius 3 is 2.71 bits per heavy atom. The molecule has 0 aliphatic rings. The van der Waals surface area contributed by atoms with Crippen LogP contribution >= 0.6 is 0 Å². The molecule has 6 nitrogen and oxygen atoms in total. The fourth-order valence-corrected chi connectivity index (χ4v) is 2.10. The Morgan fingerprint density at radius 2 is 2.04 bits per heavy atom. The van der Waals surface area contributed by atoms with Gasteiger partial charge in [-0.2, -0.15) is 0 Å². The molecule has 0 bridgehead atoms. The van der Waals surface area contributed by atoms with Crippen LogP contribution < -0.4 is 15.8 Å². The van der Waals surface area contributed by atoms with Crippen molar-refractivity contribution in [3.63, 3.8) is 0 Å². The summed E-state index contributed by atoms with van der Waals surface area (Å²) in [6.45, 7) is 3.53. The number of nitrogens with zero attached hydrogens (tertiary/aromatic N) is 2. The number of methoxy groups -OCH3 is 1. The molecule has 1 aromatic heterocycles. The van der Waals surface area contributed by atoms with Crippen molar-refractivity contribution in [3.05, 3.63) is 59.9 Å². The average molecular weight is 328 g/mol. The SMILES string of the molecule is COCC(C)NC(N)=NCc1ccc(OCc2ccccn2)cc1. The zero-order valence-electron chi connectivity index (χ0n) is 14.1. The molecule has 1 unspecified atom stereocenters. The lowest BCUT2D eigenvalue weighted by atomic mass is 10.2. The van der Waals surface area contributed by atoms with Crippen LogP contribution in [0.4, 0.5) is 0 Å². The van der Waals surface area contributed by atoms with Crippen LogP contribution in [-0.2, 0) is 17.9 Å². The maximum atomic E-state index is 5.85. The Balaban J connectivity index is 1.81. The second kappa shape index (κ2) is 9.52. The van der Waals surface area contributed by atoms with E-state index in [2.05, 4.69) is 15.3 Å². The molecule has 3 N–H and O–H groups in total. The molecule has 1 atom stereocenters. The van der Waals surface area contributed by atoms with E-state index in [1.807, 2.05) is 49.4 Å². The van der Waals surface area contributed by atoms with Crippen LogP contribution in [0.2, 0.25) is 0 Å². The van der Waals surface area contributed by atoms with E-state index < -0.39 is 0 Å². The molecule has 0 radical (unpaired) electrons. The Hall–Kier alpha value is -2.60. The number of nitrogens with two attached hydrogens (primary N) is 1. The molecule has 0 aliphatic heterocycles. The zero-order valence-corrected chi connectivity index (χ0v) is 14.1. The summed E-state index contributed by atoms with van der Waals surface area (Å²) in [4.78, 5) is 8.54. The van der Waals surface area contributed by atoms with E-state index in [1.54, 1.807) is 13.3 Å². The molecule has 128 valence electrons. The summed E-state index contributed by atoms with van der Waals surface area (Å²) in [5, 5.41) is 3.07. The first-order valence-electron chi connectivity index (χ1n) is 7.84. The van der Waals surface area contributed by atoms with E-state index in [-0.39, 0.29) is 6.04 Å². The standard InChI is InChI=1S/C18H24N4O2/c1-14(12-23-2)22-18(19)21-11-15-6-8-17(9-7-15)24-13-16-5-3-4-10-20-16/h3-10,14H,11-13H2,1-2H3,(H3,19,21,22). The van der Waals surface area contributed by atoms with Gasteiger partial charge in [0.1, 0.15) is 12.4 Å². The van der Waals surface area contributed by atoms with Gasteiger partial charge in [-0.05, 0) is 36.8 Å². The van der Waals surface area contributed by atoms with Gasteiger partial charge in [0.15, 0.2) is 5.96 Å². The molecule has 0 saturated carbocycles. The molecule has 1 heterocycles. The zero-order chi connectivity index (χ0) is 17.2. The van der Waals surface area contributed by atoms with Crippen molar-refractivity contribution in [1.82, 2.24) is 10.3 Å². The second-order valence-electron chi connectivity index (χ2n) is 5.46. The highest BCUT2D eigenvalue weighted by molar-refractivity contribution is 5.78. The molecule has 6 heteroatoms. The second-order valence-corrected chi connectivity index (χ2v) is 5.46. The molecule has 1 aromatic carbocycles. The number of aromatic nitrogens is 1. The van der Waals surface area contributed by atoms with E-state index in [9.17, 15) is 0 Å². The van der Waals surface area contributed by atoms with E-state index in [0.29, 0.717) is 25.7 Å². The van der Waals surface area contributed by atoms with Crippen molar-refractivity contribution in [2.45, 2.75) is 26.1 Å². The number of hydrogen-bond acceptors (Lipinski definition) is 4. The number of guanidine groups is 1. The van der Waals surface area contributed by atoms with Crippen molar-refractivity contribution in [1.29, 1.82) is 0 Å². The topological polar surface area (TPSA) is 81.8 Å². The van der Waals surface area contributed by atoms with Crippen LogP contribution in [0, 0.1) is 0 Å². The van der Waals surface area contributed by atoms with Crippen LogP contribution in [0.15, 0.2) is 53.7 Å². The van der Waals surface area contributed by atoms with E-state index in [4.69, 9.17) is 15.2 Å². The summed E-state index contributed by atoms with van der Waals surface area (Å²) in [5.41, 5.74) is 7.80. The Bertz CT molecular complexity index is 629. The summed E-state index contributed by atoms with van der Waals surface area (Å²) < 4.78 is 10.7. The third kappa shape index (κ3) is 6.26. The summed E-state index contributed by atoms with van der Waals surface area (Å²) in [6, 6.07) is 13.7. The number of hydrogen-bond donors (Lipinski definition) is 2. The molecule has 0 amide bonds. The van der Waals surface area contributed by atoms with Gasteiger partial charge in [0.05, 0.1) is 18.8 Å². The Kier molecular flexibility index (Phi) is 7.04. The fourth-order valence-electron chi connectivity index (χ4n) is 2.10. The van der Waals surface area contributed by atoms with Crippen molar-refractivity contribution in [2.75, 3.05) is 13.7 Å². The van der Waals surface area contributed by atoms with E-state index >= 15 is 0 Å². The first-order valence-corrected chi connectivity index (χ1v) is 7.84. The molecule has 0 fully saturated rings. The van der Waals surface area contributed by atoms with Gasteiger partial charge < -0.3 is 20.5 Å². The van der Waals surface area contributed by atoms with Crippen molar-refractivity contribution in [3.8, 4) is 5.75 Å². The smallest absolute Gasteiger partial charge is 0.189 e. The molecule has 0 aliphatic carbocycles. The van der Waals surface area contributed by atoms with Gasteiger partial charge in [-0.3, -0.25) is 4.98 Å². The minimum Gasteiger partial charge on any atom is -0.487 e. The van der Waals surface area contributed by atoms with E-state index in [1.165, 1.54) is 0 Å². The third-order valence-corrected chi connectivity index (χ3v) is 3.28. The van der Waals surface area contributed by atoms with Gasteiger partial charge in [0.2, 0.25) is 0 Å². The van der Waals surface area contributed by atoms with Crippen molar-refractivity contribution >= 4 is 5.96 Å². The minimum absolute atomic E-state index is 0.126. The number of benzene rings is 1. The minimum atomic E-state index is 0.126. The number of ether oxygens (including phenoxy) is 2. The molecular weight excluding hydrogens is 304 g/mol. The highest BCUT2D eigenvalue weighted by Gasteiger charge is 2.02. The van der Waals surface area contributed by atoms with Gasteiger partial charge in [0, 0.05) is 19.3 Å². The van der Waals surface area contributed by atoms with Crippen molar-refractivity contribution in [2.24, 2.45) is 10.7 Å². The number of pyridine rings is 1. The number of nitrogens with one attached hydrogen (secondary N) is 1. The molecule has 0 spiro atoms. The highest BCUT2D eigenvalue weighted by Crippen LogP contribution is 2.14. The summed E-state index contributed by atoms with van der Waals surface area (Å²) >= 11 is 0. The van der Waals surface area contributed by atoms with Gasteiger partial charge in [0.25, 0.3) is 0 Å². The first kappa shape index (κ1) is 17.7. The lowest BCUT2D eigenvalue weighted by molar-refractivity contribution is 0.179. The van der Waals surface area contributed by atoms with Crippen LogP contribution in [0.1, 0.15) is 18.2 Å². The average Bonchev–Trinajstić information content (AvgIpc) is 2.60. The number of rotatable bonds is 8. The van der Waals surface area contributed by atoms with Gasteiger partial charge in [-0.1, -0.05) is 18.2 Å². The molecule has 0 saturated heterocycles. The lowest BCUT2D eigenvalue weighted by Gasteiger charge is -2.13. The largest absolute Gasteiger partial charge is 0.487 e. The first-order chi connectivity index (χ1) is 11.7. The van der Waals surface area contributed by atoms with Crippen LogP contribution in [0.3, 0.4) is 0 Å². The highest BCUT2D eigenvalue weighted by atomic mass is 16.5. The monoisotopic (exact) mass is 328 g/mol. The maximum Gasteiger partial charge on any atom is 0.189 e. The van der Waals surface area contributed by atoms with Crippen LogP contribution in [0.25, 0.3) is 0 Å². The molecule has 24 heavy (non-hydrogen) atoms. The molecule has 2 rings (SSSR count). The van der Waals surface area contributed by atoms with Gasteiger partial charge >= 0.3 is 0 Å².